The Bertz CT molecular complexity index is 3490. The molecule has 3 aromatic heterocycles. The Morgan fingerprint density at radius 1 is 0.281 bits per heavy atom. The van der Waals surface area contributed by atoms with E-state index in [1.54, 1.807) is 0 Å². The monoisotopic (exact) mass is 726 g/mol. The molecule has 3 heteroatoms. The smallest absolute Gasteiger partial charge is 0.136 e. The number of para-hydroxylation sites is 4. The van der Waals surface area contributed by atoms with Crippen molar-refractivity contribution in [2.75, 3.05) is 0 Å². The summed E-state index contributed by atoms with van der Waals surface area (Å²) in [5.74, 6) is 0. The van der Waals surface area contributed by atoms with Gasteiger partial charge in [-0.15, -0.1) is 0 Å². The molecule has 57 heavy (non-hydrogen) atoms. The minimum absolute atomic E-state index is 0.886. The van der Waals surface area contributed by atoms with Crippen LogP contribution in [0, 0.1) is 0 Å². The van der Waals surface area contributed by atoms with Crippen molar-refractivity contribution in [2.24, 2.45) is 0 Å². The van der Waals surface area contributed by atoms with Crippen molar-refractivity contribution < 1.29 is 4.42 Å². The molecule has 0 saturated carbocycles. The molecule has 0 aliphatic rings. The minimum Gasteiger partial charge on any atom is -0.456 e. The molecule has 3 heterocycles. The zero-order valence-electron chi connectivity index (χ0n) is 30.9. The normalized spacial score (nSPS) is 11.9. The van der Waals surface area contributed by atoms with Crippen LogP contribution in [0.25, 0.3) is 110 Å². The third-order valence-corrected chi connectivity index (χ3v) is 11.7. The van der Waals surface area contributed by atoms with Crippen LogP contribution in [-0.2, 0) is 0 Å². The zero-order chi connectivity index (χ0) is 37.5. The fraction of sp³-hybridized carbons (Fsp3) is 0. The molecule has 0 bridgehead atoms. The highest BCUT2D eigenvalue weighted by atomic mass is 16.3. The van der Waals surface area contributed by atoms with Crippen LogP contribution in [-0.4, -0.2) is 9.13 Å². The highest BCUT2D eigenvalue weighted by Gasteiger charge is 2.19. The summed E-state index contributed by atoms with van der Waals surface area (Å²) >= 11 is 0. The third kappa shape index (κ3) is 4.92. The molecular formula is C54H34N2O. The molecule has 3 nitrogen and oxygen atoms in total. The van der Waals surface area contributed by atoms with Crippen molar-refractivity contribution in [2.45, 2.75) is 0 Å². The van der Waals surface area contributed by atoms with E-state index in [0.29, 0.717) is 0 Å². The predicted octanol–water partition coefficient (Wildman–Crippen LogP) is 14.8. The van der Waals surface area contributed by atoms with E-state index >= 15 is 0 Å². The van der Waals surface area contributed by atoms with Gasteiger partial charge in [0.15, 0.2) is 0 Å². The second-order valence-electron chi connectivity index (χ2n) is 14.9. The summed E-state index contributed by atoms with van der Waals surface area (Å²) in [5.41, 5.74) is 15.8. The Balaban J connectivity index is 1.05. The maximum atomic E-state index is 6.65. The van der Waals surface area contributed by atoms with Crippen LogP contribution in [0.2, 0.25) is 0 Å². The SMILES string of the molecule is c1ccc(-c2ccc(-n3c4ccccc4c4cc(-c5cc(-c6ccc7c(c6)c6ccccc6n7-c6ccccc6)c6c(c5)oc5ccccc56)ccc43)cc2)cc1. The minimum atomic E-state index is 0.886. The van der Waals surface area contributed by atoms with Crippen molar-refractivity contribution in [3.8, 4) is 44.8 Å². The molecule has 0 spiro atoms. The fourth-order valence-electron chi connectivity index (χ4n) is 9.11. The Morgan fingerprint density at radius 2 is 0.772 bits per heavy atom. The van der Waals surface area contributed by atoms with Gasteiger partial charge < -0.3 is 13.6 Å². The van der Waals surface area contributed by atoms with Gasteiger partial charge in [0.1, 0.15) is 11.2 Å². The lowest BCUT2D eigenvalue weighted by molar-refractivity contribution is 0.669. The second kappa shape index (κ2) is 12.5. The summed E-state index contributed by atoms with van der Waals surface area (Å²) in [6, 6.07) is 74.4. The molecule has 0 atom stereocenters. The molecular weight excluding hydrogens is 693 g/mol. The van der Waals surface area contributed by atoms with Crippen LogP contribution in [0.15, 0.2) is 211 Å². The number of nitrogens with zero attached hydrogens (tertiary/aromatic N) is 2. The first kappa shape index (κ1) is 31.7. The average Bonchev–Trinajstić information content (AvgIpc) is 3.94. The fourth-order valence-corrected chi connectivity index (χ4v) is 9.11. The highest BCUT2D eigenvalue weighted by molar-refractivity contribution is 6.17. The molecule has 0 saturated heterocycles. The molecule has 0 aliphatic heterocycles. The summed E-state index contributed by atoms with van der Waals surface area (Å²) in [5, 5.41) is 7.17. The van der Waals surface area contributed by atoms with E-state index < -0.39 is 0 Å². The molecule has 0 amide bonds. The molecule has 12 rings (SSSR count). The van der Waals surface area contributed by atoms with Gasteiger partial charge in [0.05, 0.1) is 22.1 Å². The maximum absolute atomic E-state index is 6.65. The van der Waals surface area contributed by atoms with E-state index in [9.17, 15) is 0 Å². The van der Waals surface area contributed by atoms with Gasteiger partial charge in [-0.2, -0.15) is 0 Å². The summed E-state index contributed by atoms with van der Waals surface area (Å²) in [4.78, 5) is 0. The number of furan rings is 1. The van der Waals surface area contributed by atoms with Crippen LogP contribution >= 0.6 is 0 Å². The first-order valence-corrected chi connectivity index (χ1v) is 19.5. The number of rotatable bonds is 5. The number of hydrogen-bond acceptors (Lipinski definition) is 1. The van der Waals surface area contributed by atoms with Crippen LogP contribution in [0.4, 0.5) is 0 Å². The van der Waals surface area contributed by atoms with Gasteiger partial charge in [0.2, 0.25) is 0 Å². The van der Waals surface area contributed by atoms with E-state index in [1.165, 1.54) is 54.7 Å². The molecule has 266 valence electrons. The first-order chi connectivity index (χ1) is 28.3. The summed E-state index contributed by atoms with van der Waals surface area (Å²) < 4.78 is 11.4. The van der Waals surface area contributed by atoms with Gasteiger partial charge in [-0.1, -0.05) is 127 Å². The summed E-state index contributed by atoms with van der Waals surface area (Å²) in [6.07, 6.45) is 0. The maximum Gasteiger partial charge on any atom is 0.136 e. The van der Waals surface area contributed by atoms with E-state index in [2.05, 4.69) is 215 Å². The van der Waals surface area contributed by atoms with Crippen molar-refractivity contribution in [3.63, 3.8) is 0 Å². The quantitative estimate of drug-likeness (QED) is 0.173. The van der Waals surface area contributed by atoms with Crippen molar-refractivity contribution in [1.82, 2.24) is 9.13 Å². The van der Waals surface area contributed by atoms with Crippen molar-refractivity contribution in [1.29, 1.82) is 0 Å². The van der Waals surface area contributed by atoms with Gasteiger partial charge in [0.25, 0.3) is 0 Å². The lowest BCUT2D eigenvalue weighted by Crippen LogP contribution is -1.93. The van der Waals surface area contributed by atoms with Crippen LogP contribution in [0.1, 0.15) is 0 Å². The van der Waals surface area contributed by atoms with Crippen molar-refractivity contribution in [3.05, 3.63) is 206 Å². The summed E-state index contributed by atoms with van der Waals surface area (Å²) in [6.45, 7) is 0. The first-order valence-electron chi connectivity index (χ1n) is 19.5. The lowest BCUT2D eigenvalue weighted by Gasteiger charge is -2.11. The van der Waals surface area contributed by atoms with E-state index in [-0.39, 0.29) is 0 Å². The van der Waals surface area contributed by atoms with Crippen LogP contribution in [0.5, 0.6) is 0 Å². The molecule has 0 N–H and O–H groups in total. The number of benzene rings is 9. The van der Waals surface area contributed by atoms with Gasteiger partial charge >= 0.3 is 0 Å². The summed E-state index contributed by atoms with van der Waals surface area (Å²) in [7, 11) is 0. The second-order valence-corrected chi connectivity index (χ2v) is 14.9. The molecule has 9 aromatic carbocycles. The Morgan fingerprint density at radius 3 is 1.46 bits per heavy atom. The topological polar surface area (TPSA) is 23.0 Å². The Labute approximate surface area is 328 Å². The third-order valence-electron chi connectivity index (χ3n) is 11.7. The molecule has 0 radical (unpaired) electrons. The standard InChI is InChI=1S/C54H34N2O/c1-3-13-35(14-4-1)36-23-27-41(28-24-36)56-49-21-11-7-17-42(49)46-31-37(25-29-50(46)56)39-33-45(54-44-19-9-12-22-52(44)57-53(54)34-39)38-26-30-51-47(32-38)43-18-8-10-20-48(43)55(51)40-15-5-2-6-16-40/h1-34H. The number of hydrogen-bond donors (Lipinski definition) is 0. The molecule has 0 aliphatic carbocycles. The number of aromatic nitrogens is 2. The van der Waals surface area contributed by atoms with Crippen LogP contribution < -0.4 is 0 Å². The van der Waals surface area contributed by atoms with E-state index in [1.807, 2.05) is 0 Å². The predicted molar refractivity (Wildman–Crippen MR) is 239 cm³/mol. The lowest BCUT2D eigenvalue weighted by atomic mass is 9.93. The zero-order valence-corrected chi connectivity index (χ0v) is 30.9. The highest BCUT2D eigenvalue weighted by Crippen LogP contribution is 2.43. The molecule has 0 fully saturated rings. The molecule has 0 unspecified atom stereocenters. The Kier molecular flexibility index (Phi) is 6.93. The van der Waals surface area contributed by atoms with Crippen LogP contribution in [0.3, 0.4) is 0 Å². The van der Waals surface area contributed by atoms with Gasteiger partial charge in [-0.3, -0.25) is 0 Å². The average molecular weight is 727 g/mol. The van der Waals surface area contributed by atoms with Gasteiger partial charge in [-0.05, 0) is 112 Å². The van der Waals surface area contributed by atoms with E-state index in [0.717, 1.165) is 55.6 Å². The van der Waals surface area contributed by atoms with E-state index in [4.69, 9.17) is 4.42 Å². The number of fused-ring (bicyclic) bond motifs is 9. The van der Waals surface area contributed by atoms with Gasteiger partial charge in [0, 0.05) is 43.7 Å². The van der Waals surface area contributed by atoms with Crippen molar-refractivity contribution >= 4 is 65.6 Å². The Hall–Kier alpha value is -7.62. The van der Waals surface area contributed by atoms with Gasteiger partial charge in [-0.25, -0.2) is 0 Å². The molecule has 12 aromatic rings. The largest absolute Gasteiger partial charge is 0.456 e.